The minimum Gasteiger partial charge on any atom is -0.340 e. The van der Waals surface area contributed by atoms with E-state index in [-0.39, 0.29) is 12.5 Å². The summed E-state index contributed by atoms with van der Waals surface area (Å²) in [6.45, 7) is 0.636. The van der Waals surface area contributed by atoms with Crippen molar-refractivity contribution in [1.29, 1.82) is 0 Å². The number of carbonyl (C=O) groups is 1. The fourth-order valence-electron chi connectivity index (χ4n) is 2.87. The maximum Gasteiger partial charge on any atom is 0.246 e. The fraction of sp³-hybridized carbons (Fsp3) is 0.158. The Morgan fingerprint density at radius 1 is 0.960 bits per heavy atom. The molecule has 4 rings (SSSR count). The number of benzene rings is 2. The van der Waals surface area contributed by atoms with Gasteiger partial charge in [0.05, 0.1) is 5.52 Å². The molecule has 2 aromatic heterocycles. The molecule has 25 heavy (non-hydrogen) atoms. The summed E-state index contributed by atoms with van der Waals surface area (Å²) in [6, 6.07) is 17.5. The van der Waals surface area contributed by atoms with Gasteiger partial charge in [-0.3, -0.25) is 9.78 Å². The average molecular weight is 331 g/mol. The van der Waals surface area contributed by atoms with Gasteiger partial charge in [0.1, 0.15) is 17.6 Å². The molecule has 124 valence electrons. The lowest BCUT2D eigenvalue weighted by molar-refractivity contribution is -0.131. The number of aromatic nitrogens is 4. The third-order valence-corrected chi connectivity index (χ3v) is 4.17. The van der Waals surface area contributed by atoms with Gasteiger partial charge in [-0.05, 0) is 29.8 Å². The number of amides is 1. The molecule has 1 amide bonds. The van der Waals surface area contributed by atoms with E-state index in [1.54, 1.807) is 18.1 Å². The van der Waals surface area contributed by atoms with Gasteiger partial charge >= 0.3 is 0 Å². The van der Waals surface area contributed by atoms with Gasteiger partial charge in [0.15, 0.2) is 0 Å². The van der Waals surface area contributed by atoms with E-state index < -0.39 is 0 Å². The number of carbonyl (C=O) groups excluding carboxylic acids is 1. The van der Waals surface area contributed by atoms with Crippen LogP contribution < -0.4 is 0 Å². The molecule has 4 aromatic rings. The van der Waals surface area contributed by atoms with Crippen molar-refractivity contribution in [3.8, 4) is 0 Å². The zero-order valence-electron chi connectivity index (χ0n) is 13.8. The fourth-order valence-corrected chi connectivity index (χ4v) is 2.87. The van der Waals surface area contributed by atoms with E-state index in [2.05, 4.69) is 15.2 Å². The van der Waals surface area contributed by atoms with Crippen molar-refractivity contribution >= 4 is 27.8 Å². The van der Waals surface area contributed by atoms with Gasteiger partial charge in [0.2, 0.25) is 5.91 Å². The predicted molar refractivity (Wildman–Crippen MR) is 95.7 cm³/mol. The minimum atomic E-state index is -0.0406. The highest BCUT2D eigenvalue weighted by atomic mass is 16.2. The highest BCUT2D eigenvalue weighted by molar-refractivity contribution is 5.83. The van der Waals surface area contributed by atoms with Crippen LogP contribution in [0.3, 0.4) is 0 Å². The van der Waals surface area contributed by atoms with Gasteiger partial charge < -0.3 is 4.90 Å². The Kier molecular flexibility index (Phi) is 3.85. The summed E-state index contributed by atoms with van der Waals surface area (Å²) in [5, 5.41) is 9.74. The van der Waals surface area contributed by atoms with Crippen LogP contribution in [0, 0.1) is 0 Å². The Morgan fingerprint density at radius 3 is 2.44 bits per heavy atom. The molecule has 0 radical (unpaired) electrons. The van der Waals surface area contributed by atoms with Crippen LogP contribution in [0.25, 0.3) is 21.9 Å². The molecular formula is C19H17N5O. The Morgan fingerprint density at radius 2 is 1.68 bits per heavy atom. The Labute approximate surface area is 144 Å². The molecule has 0 unspecified atom stereocenters. The van der Waals surface area contributed by atoms with Crippen molar-refractivity contribution in [1.82, 2.24) is 24.9 Å². The first-order valence-electron chi connectivity index (χ1n) is 8.07. The SMILES string of the molecule is CN(Cc1cccc2ncccc12)C(=O)Cn1nc2ccccc2n1. The molecule has 0 saturated carbocycles. The first kappa shape index (κ1) is 15.3. The number of likely N-dealkylation sites (N-methyl/N-ethyl adjacent to an activating group) is 1. The molecule has 0 spiro atoms. The van der Waals surface area contributed by atoms with E-state index in [0.29, 0.717) is 6.54 Å². The third-order valence-electron chi connectivity index (χ3n) is 4.17. The van der Waals surface area contributed by atoms with Crippen LogP contribution in [0.1, 0.15) is 5.56 Å². The molecule has 2 heterocycles. The van der Waals surface area contributed by atoms with E-state index in [0.717, 1.165) is 27.5 Å². The first-order valence-corrected chi connectivity index (χ1v) is 8.07. The lowest BCUT2D eigenvalue weighted by Crippen LogP contribution is -2.30. The molecule has 0 N–H and O–H groups in total. The van der Waals surface area contributed by atoms with Gasteiger partial charge in [-0.1, -0.05) is 30.3 Å². The summed E-state index contributed by atoms with van der Waals surface area (Å²) in [5.74, 6) is -0.0406. The molecule has 0 atom stereocenters. The van der Waals surface area contributed by atoms with Gasteiger partial charge in [-0.2, -0.15) is 15.0 Å². The topological polar surface area (TPSA) is 63.9 Å². The van der Waals surface area contributed by atoms with E-state index in [1.165, 1.54) is 4.80 Å². The molecule has 0 bridgehead atoms. The summed E-state index contributed by atoms with van der Waals surface area (Å²) >= 11 is 0. The summed E-state index contributed by atoms with van der Waals surface area (Å²) < 4.78 is 0. The lowest BCUT2D eigenvalue weighted by atomic mass is 10.1. The highest BCUT2D eigenvalue weighted by Gasteiger charge is 2.13. The van der Waals surface area contributed by atoms with Crippen LogP contribution in [0.4, 0.5) is 0 Å². The molecule has 6 nitrogen and oxygen atoms in total. The number of hydrogen-bond donors (Lipinski definition) is 0. The van der Waals surface area contributed by atoms with Crippen LogP contribution >= 0.6 is 0 Å². The van der Waals surface area contributed by atoms with Crippen molar-refractivity contribution in [2.24, 2.45) is 0 Å². The zero-order valence-corrected chi connectivity index (χ0v) is 13.8. The normalized spacial score (nSPS) is 11.1. The summed E-state index contributed by atoms with van der Waals surface area (Å²) in [5.41, 5.74) is 3.58. The van der Waals surface area contributed by atoms with Crippen LogP contribution in [-0.4, -0.2) is 37.8 Å². The summed E-state index contributed by atoms with van der Waals surface area (Å²) in [6.07, 6.45) is 1.77. The van der Waals surface area contributed by atoms with Crippen molar-refractivity contribution < 1.29 is 4.79 Å². The molecule has 0 aliphatic heterocycles. The zero-order chi connectivity index (χ0) is 17.2. The molecule has 0 aliphatic carbocycles. The third kappa shape index (κ3) is 3.06. The lowest BCUT2D eigenvalue weighted by Gasteiger charge is -2.18. The Balaban J connectivity index is 1.52. The number of pyridine rings is 1. The summed E-state index contributed by atoms with van der Waals surface area (Å²) in [4.78, 5) is 20.0. The number of hydrogen-bond acceptors (Lipinski definition) is 4. The minimum absolute atomic E-state index is 0.0406. The molecular weight excluding hydrogens is 314 g/mol. The van der Waals surface area contributed by atoms with Gasteiger partial charge in [0, 0.05) is 25.2 Å². The second kappa shape index (κ2) is 6.32. The second-order valence-corrected chi connectivity index (χ2v) is 5.96. The summed E-state index contributed by atoms with van der Waals surface area (Å²) in [7, 11) is 1.79. The van der Waals surface area contributed by atoms with E-state index in [1.807, 2.05) is 54.6 Å². The van der Waals surface area contributed by atoms with E-state index >= 15 is 0 Å². The molecule has 0 fully saturated rings. The van der Waals surface area contributed by atoms with Crippen molar-refractivity contribution in [2.45, 2.75) is 13.1 Å². The maximum atomic E-state index is 12.5. The van der Waals surface area contributed by atoms with Crippen LogP contribution in [0.5, 0.6) is 0 Å². The van der Waals surface area contributed by atoms with Crippen molar-refractivity contribution in [3.05, 3.63) is 66.4 Å². The standard InChI is InChI=1S/C19H17N5O/c1-23(12-14-6-4-10-16-15(14)7-5-11-20-16)19(25)13-24-21-17-8-2-3-9-18(17)22-24/h2-11H,12-13H2,1H3. The van der Waals surface area contributed by atoms with Crippen LogP contribution in [-0.2, 0) is 17.9 Å². The second-order valence-electron chi connectivity index (χ2n) is 5.96. The van der Waals surface area contributed by atoms with Crippen molar-refractivity contribution in [3.63, 3.8) is 0 Å². The van der Waals surface area contributed by atoms with Gasteiger partial charge in [-0.15, -0.1) is 0 Å². The van der Waals surface area contributed by atoms with Crippen LogP contribution in [0.15, 0.2) is 60.8 Å². The molecule has 2 aromatic carbocycles. The van der Waals surface area contributed by atoms with Crippen molar-refractivity contribution in [2.75, 3.05) is 7.05 Å². The maximum absolute atomic E-state index is 12.5. The monoisotopic (exact) mass is 331 g/mol. The number of fused-ring (bicyclic) bond motifs is 2. The number of nitrogens with zero attached hydrogens (tertiary/aromatic N) is 5. The quantitative estimate of drug-likeness (QED) is 0.577. The Bertz CT molecular complexity index is 1020. The van der Waals surface area contributed by atoms with Crippen LogP contribution in [0.2, 0.25) is 0 Å². The highest BCUT2D eigenvalue weighted by Crippen LogP contribution is 2.18. The van der Waals surface area contributed by atoms with E-state index in [9.17, 15) is 4.79 Å². The molecule has 6 heteroatoms. The average Bonchev–Trinajstić information content (AvgIpc) is 3.04. The van der Waals surface area contributed by atoms with Gasteiger partial charge in [-0.25, -0.2) is 0 Å². The smallest absolute Gasteiger partial charge is 0.246 e. The van der Waals surface area contributed by atoms with Gasteiger partial charge in [0.25, 0.3) is 0 Å². The number of rotatable bonds is 4. The molecule has 0 saturated heterocycles. The molecule has 0 aliphatic rings. The van der Waals surface area contributed by atoms with E-state index in [4.69, 9.17) is 0 Å². The largest absolute Gasteiger partial charge is 0.340 e. The predicted octanol–water partition coefficient (Wildman–Crippen LogP) is 2.64. The Hall–Kier alpha value is -3.28. The first-order chi connectivity index (χ1) is 12.2.